The quantitative estimate of drug-likeness (QED) is 0.860. The van der Waals surface area contributed by atoms with E-state index < -0.39 is 0 Å². The lowest BCUT2D eigenvalue weighted by atomic mass is 9.94. The molecule has 4 nitrogen and oxygen atoms in total. The zero-order valence-electron chi connectivity index (χ0n) is 13.4. The second-order valence-electron chi connectivity index (χ2n) is 6.13. The lowest BCUT2D eigenvalue weighted by Gasteiger charge is -2.16. The van der Waals surface area contributed by atoms with Crippen LogP contribution in [0, 0.1) is 11.8 Å². The van der Waals surface area contributed by atoms with Crippen LogP contribution < -0.4 is 10.2 Å². The Morgan fingerprint density at radius 3 is 2.50 bits per heavy atom. The van der Waals surface area contributed by atoms with Gasteiger partial charge in [0.05, 0.1) is 5.92 Å². The Bertz CT molecular complexity index is 731. The predicted octanol–water partition coefficient (Wildman–Crippen LogP) is 4.08. The summed E-state index contributed by atoms with van der Waals surface area (Å²) in [6, 6.07) is 17.0. The molecule has 3 rings (SSSR count). The Morgan fingerprint density at radius 2 is 1.83 bits per heavy atom. The standard InChI is InChI=1S/C19H19BrN2O2/c1-13-12-22(16-5-3-2-4-6-16)19(24)17(13)11-18(23)21-15-9-7-14(20)8-10-15/h2-10,13,17H,11-12H2,1H3,(H,21,23)/t13-,17+/m0/s1. The van der Waals surface area contributed by atoms with Crippen LogP contribution in [0.15, 0.2) is 59.1 Å². The molecule has 0 aliphatic carbocycles. The van der Waals surface area contributed by atoms with Gasteiger partial charge in [-0.05, 0) is 42.3 Å². The first-order chi connectivity index (χ1) is 11.5. The number of para-hydroxylation sites is 1. The van der Waals surface area contributed by atoms with Gasteiger partial charge in [0.1, 0.15) is 0 Å². The fraction of sp³-hybridized carbons (Fsp3) is 0.263. The van der Waals surface area contributed by atoms with Gasteiger partial charge in [-0.25, -0.2) is 0 Å². The Kier molecular flexibility index (Phi) is 5.00. The molecule has 1 N–H and O–H groups in total. The summed E-state index contributed by atoms with van der Waals surface area (Å²) >= 11 is 3.36. The molecule has 0 aromatic heterocycles. The van der Waals surface area contributed by atoms with Crippen molar-refractivity contribution in [3.8, 4) is 0 Å². The molecular formula is C19H19BrN2O2. The predicted molar refractivity (Wildman–Crippen MR) is 98.8 cm³/mol. The molecular weight excluding hydrogens is 368 g/mol. The average molecular weight is 387 g/mol. The number of hydrogen-bond donors (Lipinski definition) is 1. The van der Waals surface area contributed by atoms with Crippen LogP contribution in [0.5, 0.6) is 0 Å². The molecule has 2 aromatic carbocycles. The summed E-state index contributed by atoms with van der Waals surface area (Å²) in [5, 5.41) is 2.86. The number of hydrogen-bond acceptors (Lipinski definition) is 2. The van der Waals surface area contributed by atoms with E-state index in [0.29, 0.717) is 6.54 Å². The minimum absolute atomic E-state index is 0.0275. The molecule has 0 radical (unpaired) electrons. The van der Waals surface area contributed by atoms with E-state index in [9.17, 15) is 9.59 Å². The monoisotopic (exact) mass is 386 g/mol. The van der Waals surface area contributed by atoms with Crippen molar-refractivity contribution in [2.45, 2.75) is 13.3 Å². The smallest absolute Gasteiger partial charge is 0.230 e. The average Bonchev–Trinajstić information content (AvgIpc) is 2.86. The first kappa shape index (κ1) is 16.7. The largest absolute Gasteiger partial charge is 0.326 e. The van der Waals surface area contributed by atoms with E-state index in [1.54, 1.807) is 4.90 Å². The molecule has 0 saturated carbocycles. The minimum Gasteiger partial charge on any atom is -0.326 e. The summed E-state index contributed by atoms with van der Waals surface area (Å²) < 4.78 is 0.957. The molecule has 24 heavy (non-hydrogen) atoms. The highest BCUT2D eigenvalue weighted by Gasteiger charge is 2.39. The first-order valence-electron chi connectivity index (χ1n) is 7.96. The number of carbonyl (C=O) groups is 2. The van der Waals surface area contributed by atoms with E-state index in [1.165, 1.54) is 0 Å². The fourth-order valence-electron chi connectivity index (χ4n) is 3.02. The van der Waals surface area contributed by atoms with Crippen LogP contribution in [0.4, 0.5) is 11.4 Å². The third-order valence-corrected chi connectivity index (χ3v) is 4.87. The maximum Gasteiger partial charge on any atom is 0.230 e. The summed E-state index contributed by atoms with van der Waals surface area (Å²) in [6.07, 6.45) is 0.208. The van der Waals surface area contributed by atoms with Crippen LogP contribution in [0.2, 0.25) is 0 Å². The molecule has 1 fully saturated rings. The Balaban J connectivity index is 1.65. The van der Waals surface area contributed by atoms with E-state index in [4.69, 9.17) is 0 Å². The number of rotatable bonds is 4. The molecule has 124 valence electrons. The van der Waals surface area contributed by atoms with Crippen molar-refractivity contribution in [1.29, 1.82) is 0 Å². The molecule has 2 amide bonds. The zero-order chi connectivity index (χ0) is 17.1. The van der Waals surface area contributed by atoms with Crippen molar-refractivity contribution in [1.82, 2.24) is 0 Å². The Hall–Kier alpha value is -2.14. The number of nitrogens with zero attached hydrogens (tertiary/aromatic N) is 1. The molecule has 1 heterocycles. The Labute approximate surface area is 150 Å². The number of carbonyl (C=O) groups excluding carboxylic acids is 2. The fourth-order valence-corrected chi connectivity index (χ4v) is 3.29. The van der Waals surface area contributed by atoms with Gasteiger partial charge in [0.25, 0.3) is 0 Å². The number of benzene rings is 2. The zero-order valence-corrected chi connectivity index (χ0v) is 15.0. The molecule has 0 bridgehead atoms. The van der Waals surface area contributed by atoms with Gasteiger partial charge in [0.15, 0.2) is 0 Å². The molecule has 0 spiro atoms. The van der Waals surface area contributed by atoms with Crippen LogP contribution in [0.3, 0.4) is 0 Å². The van der Waals surface area contributed by atoms with Gasteiger partial charge in [0, 0.05) is 28.8 Å². The summed E-state index contributed by atoms with van der Waals surface area (Å²) in [7, 11) is 0. The van der Waals surface area contributed by atoms with E-state index in [0.717, 1.165) is 15.8 Å². The van der Waals surface area contributed by atoms with Gasteiger partial charge in [-0.1, -0.05) is 41.1 Å². The van der Waals surface area contributed by atoms with Crippen molar-refractivity contribution < 1.29 is 9.59 Å². The maximum atomic E-state index is 12.7. The van der Waals surface area contributed by atoms with Gasteiger partial charge >= 0.3 is 0 Å². The van der Waals surface area contributed by atoms with Crippen LogP contribution in [0.1, 0.15) is 13.3 Å². The third-order valence-electron chi connectivity index (χ3n) is 4.34. The van der Waals surface area contributed by atoms with Crippen molar-refractivity contribution in [3.63, 3.8) is 0 Å². The molecule has 5 heteroatoms. The molecule has 2 aromatic rings. The normalized spacial score (nSPS) is 20.2. The third kappa shape index (κ3) is 3.67. The lowest BCUT2D eigenvalue weighted by Crippen LogP contribution is -2.29. The Morgan fingerprint density at radius 1 is 1.17 bits per heavy atom. The van der Waals surface area contributed by atoms with E-state index in [2.05, 4.69) is 21.2 Å². The van der Waals surface area contributed by atoms with Crippen molar-refractivity contribution in [3.05, 3.63) is 59.1 Å². The van der Waals surface area contributed by atoms with Gasteiger partial charge in [-0.15, -0.1) is 0 Å². The van der Waals surface area contributed by atoms with Gasteiger partial charge < -0.3 is 10.2 Å². The number of amides is 2. The van der Waals surface area contributed by atoms with Crippen molar-refractivity contribution in [2.75, 3.05) is 16.8 Å². The molecule has 1 saturated heterocycles. The van der Waals surface area contributed by atoms with Gasteiger partial charge in [0.2, 0.25) is 11.8 Å². The second kappa shape index (κ2) is 7.18. The number of nitrogens with one attached hydrogen (secondary N) is 1. The topological polar surface area (TPSA) is 49.4 Å². The van der Waals surface area contributed by atoms with Crippen LogP contribution >= 0.6 is 15.9 Å². The van der Waals surface area contributed by atoms with Crippen molar-refractivity contribution in [2.24, 2.45) is 11.8 Å². The number of anilines is 2. The molecule has 2 atom stereocenters. The van der Waals surface area contributed by atoms with E-state index in [-0.39, 0.29) is 30.1 Å². The molecule has 1 aliphatic heterocycles. The highest BCUT2D eigenvalue weighted by atomic mass is 79.9. The van der Waals surface area contributed by atoms with Crippen LogP contribution in [0.25, 0.3) is 0 Å². The highest BCUT2D eigenvalue weighted by molar-refractivity contribution is 9.10. The first-order valence-corrected chi connectivity index (χ1v) is 8.76. The van der Waals surface area contributed by atoms with Gasteiger partial charge in [-0.3, -0.25) is 9.59 Å². The highest BCUT2D eigenvalue weighted by Crippen LogP contribution is 2.31. The van der Waals surface area contributed by atoms with Crippen LogP contribution in [-0.2, 0) is 9.59 Å². The maximum absolute atomic E-state index is 12.7. The van der Waals surface area contributed by atoms with E-state index >= 15 is 0 Å². The summed E-state index contributed by atoms with van der Waals surface area (Å²) in [5.74, 6) is -0.230. The molecule has 0 unspecified atom stereocenters. The van der Waals surface area contributed by atoms with E-state index in [1.807, 2.05) is 61.5 Å². The summed E-state index contributed by atoms with van der Waals surface area (Å²) in [4.78, 5) is 26.8. The SMILES string of the molecule is C[C@H]1CN(c2ccccc2)C(=O)[C@@H]1CC(=O)Nc1ccc(Br)cc1. The summed E-state index contributed by atoms with van der Waals surface area (Å²) in [5.41, 5.74) is 1.63. The molecule has 1 aliphatic rings. The lowest BCUT2D eigenvalue weighted by molar-refractivity contribution is -0.125. The van der Waals surface area contributed by atoms with Crippen LogP contribution in [-0.4, -0.2) is 18.4 Å². The van der Waals surface area contributed by atoms with Gasteiger partial charge in [-0.2, -0.15) is 0 Å². The second-order valence-corrected chi connectivity index (χ2v) is 7.04. The van der Waals surface area contributed by atoms with Crippen molar-refractivity contribution >= 4 is 39.1 Å². The minimum atomic E-state index is -0.277. The summed E-state index contributed by atoms with van der Waals surface area (Å²) in [6.45, 7) is 2.68. The number of halogens is 1.